The van der Waals surface area contributed by atoms with E-state index in [9.17, 15) is 9.90 Å². The van der Waals surface area contributed by atoms with Crippen LogP contribution in [0.1, 0.15) is 5.56 Å². The number of nitrogens with two attached hydrogens (primary N) is 1. The fourth-order valence-electron chi connectivity index (χ4n) is 1.09. The zero-order valence-corrected chi connectivity index (χ0v) is 8.60. The van der Waals surface area contributed by atoms with Crippen molar-refractivity contribution in [2.45, 2.75) is 0 Å². The number of amides is 1. The van der Waals surface area contributed by atoms with E-state index < -0.39 is 5.91 Å². The maximum absolute atomic E-state index is 10.8. The van der Waals surface area contributed by atoms with Crippen LogP contribution in [0.3, 0.4) is 0 Å². The SMILES string of the molecule is COc1ccc(O)c(/C=C(/C#N)C(N)=O)c1. The Hall–Kier alpha value is -2.48. The molecule has 0 saturated carbocycles. The van der Waals surface area contributed by atoms with Crippen LogP contribution in [-0.2, 0) is 4.79 Å². The second-order valence-corrected chi connectivity index (χ2v) is 2.96. The van der Waals surface area contributed by atoms with Crippen LogP contribution in [0, 0.1) is 11.3 Å². The van der Waals surface area contributed by atoms with Crippen molar-refractivity contribution in [2.24, 2.45) is 5.73 Å². The van der Waals surface area contributed by atoms with E-state index in [0.29, 0.717) is 11.3 Å². The molecule has 0 radical (unpaired) electrons. The fourth-order valence-corrected chi connectivity index (χ4v) is 1.09. The van der Waals surface area contributed by atoms with Crippen LogP contribution < -0.4 is 10.5 Å². The van der Waals surface area contributed by atoms with E-state index in [1.165, 1.54) is 25.3 Å². The lowest BCUT2D eigenvalue weighted by atomic mass is 10.1. The van der Waals surface area contributed by atoms with E-state index in [0.717, 1.165) is 0 Å². The largest absolute Gasteiger partial charge is 0.507 e. The zero-order chi connectivity index (χ0) is 12.1. The first-order valence-corrected chi connectivity index (χ1v) is 4.37. The van der Waals surface area contributed by atoms with Gasteiger partial charge in [0.25, 0.3) is 5.91 Å². The molecular formula is C11H10N2O3. The first-order valence-electron chi connectivity index (χ1n) is 4.37. The number of methoxy groups -OCH3 is 1. The van der Waals surface area contributed by atoms with Gasteiger partial charge in [-0.25, -0.2) is 0 Å². The van der Waals surface area contributed by atoms with Crippen molar-refractivity contribution in [3.05, 3.63) is 29.3 Å². The lowest BCUT2D eigenvalue weighted by Crippen LogP contribution is -2.12. The molecule has 0 aliphatic carbocycles. The predicted octanol–water partition coefficient (Wildman–Crippen LogP) is 0.793. The summed E-state index contributed by atoms with van der Waals surface area (Å²) in [5.41, 5.74) is 5.04. The van der Waals surface area contributed by atoms with E-state index in [-0.39, 0.29) is 11.3 Å². The molecule has 5 heteroatoms. The summed E-state index contributed by atoms with van der Waals surface area (Å²) >= 11 is 0. The number of carbonyl (C=O) groups excluding carboxylic acids is 1. The topological polar surface area (TPSA) is 96.3 Å². The molecule has 0 unspecified atom stereocenters. The average Bonchev–Trinajstić information content (AvgIpc) is 2.27. The number of ether oxygens (including phenoxy) is 1. The molecule has 0 saturated heterocycles. The van der Waals surface area contributed by atoms with E-state index >= 15 is 0 Å². The molecule has 82 valence electrons. The molecular weight excluding hydrogens is 208 g/mol. The molecule has 0 aliphatic rings. The molecule has 16 heavy (non-hydrogen) atoms. The van der Waals surface area contributed by atoms with Gasteiger partial charge in [-0.15, -0.1) is 0 Å². The van der Waals surface area contributed by atoms with Gasteiger partial charge in [0.15, 0.2) is 0 Å². The molecule has 1 aromatic rings. The highest BCUT2D eigenvalue weighted by atomic mass is 16.5. The number of hydrogen-bond donors (Lipinski definition) is 2. The van der Waals surface area contributed by atoms with Crippen molar-refractivity contribution in [3.63, 3.8) is 0 Å². The van der Waals surface area contributed by atoms with Gasteiger partial charge in [0.1, 0.15) is 23.1 Å². The van der Waals surface area contributed by atoms with Gasteiger partial charge in [-0.1, -0.05) is 0 Å². The summed E-state index contributed by atoms with van der Waals surface area (Å²) in [6.45, 7) is 0. The highest BCUT2D eigenvalue weighted by Crippen LogP contribution is 2.24. The highest BCUT2D eigenvalue weighted by molar-refractivity contribution is 6.00. The maximum atomic E-state index is 10.8. The minimum absolute atomic E-state index is 0.0604. The van der Waals surface area contributed by atoms with E-state index in [1.807, 2.05) is 0 Å². The fraction of sp³-hybridized carbons (Fsp3) is 0.0909. The van der Waals surface area contributed by atoms with Crippen LogP contribution in [0.15, 0.2) is 23.8 Å². The lowest BCUT2D eigenvalue weighted by molar-refractivity contribution is -0.114. The molecule has 1 amide bonds. The van der Waals surface area contributed by atoms with Crippen molar-refractivity contribution in [1.82, 2.24) is 0 Å². The maximum Gasteiger partial charge on any atom is 0.259 e. The monoisotopic (exact) mass is 218 g/mol. The number of aromatic hydroxyl groups is 1. The summed E-state index contributed by atoms with van der Waals surface area (Å²) in [6.07, 6.45) is 1.21. The van der Waals surface area contributed by atoms with Gasteiger partial charge in [0.05, 0.1) is 7.11 Å². The van der Waals surface area contributed by atoms with Gasteiger partial charge in [-0.05, 0) is 24.3 Å². The smallest absolute Gasteiger partial charge is 0.259 e. The van der Waals surface area contributed by atoms with E-state index in [2.05, 4.69) is 0 Å². The summed E-state index contributed by atoms with van der Waals surface area (Å²) in [5.74, 6) is -0.398. The summed E-state index contributed by atoms with van der Waals surface area (Å²) < 4.78 is 4.95. The second kappa shape index (κ2) is 4.84. The molecule has 3 N–H and O–H groups in total. The van der Waals surface area contributed by atoms with E-state index in [4.69, 9.17) is 15.7 Å². The Labute approximate surface area is 92.4 Å². The third kappa shape index (κ3) is 2.51. The van der Waals surface area contributed by atoms with Crippen molar-refractivity contribution >= 4 is 12.0 Å². The Balaban J connectivity index is 3.23. The highest BCUT2D eigenvalue weighted by Gasteiger charge is 2.06. The standard InChI is InChI=1S/C11H10N2O3/c1-16-9-2-3-10(14)7(5-9)4-8(6-12)11(13)15/h2-5,14H,1H3,(H2,13,15)/b8-4-. The van der Waals surface area contributed by atoms with Crippen molar-refractivity contribution in [3.8, 4) is 17.6 Å². The number of phenolic OH excluding ortho intramolecular Hbond substituents is 1. The first kappa shape index (κ1) is 11.6. The molecule has 0 aromatic heterocycles. The third-order valence-electron chi connectivity index (χ3n) is 1.92. The Morgan fingerprint density at radius 2 is 2.31 bits per heavy atom. The Kier molecular flexibility index (Phi) is 3.51. The van der Waals surface area contributed by atoms with Gasteiger partial charge >= 0.3 is 0 Å². The predicted molar refractivity (Wildman–Crippen MR) is 57.4 cm³/mol. The quantitative estimate of drug-likeness (QED) is 0.579. The minimum Gasteiger partial charge on any atom is -0.507 e. The summed E-state index contributed by atoms with van der Waals surface area (Å²) in [4.78, 5) is 10.8. The number of hydrogen-bond acceptors (Lipinski definition) is 4. The van der Waals surface area contributed by atoms with Gasteiger partial charge in [0, 0.05) is 5.56 Å². The van der Waals surface area contributed by atoms with E-state index in [1.54, 1.807) is 12.1 Å². The van der Waals surface area contributed by atoms with Crippen LogP contribution in [0.25, 0.3) is 6.08 Å². The summed E-state index contributed by atoms with van der Waals surface area (Å²) in [5, 5.41) is 18.1. The number of carbonyl (C=O) groups is 1. The van der Waals surface area contributed by atoms with Gasteiger partial charge < -0.3 is 15.6 Å². The Morgan fingerprint density at radius 1 is 1.62 bits per heavy atom. The van der Waals surface area contributed by atoms with Gasteiger partial charge in [-0.2, -0.15) is 5.26 Å². The van der Waals surface area contributed by atoms with Crippen molar-refractivity contribution < 1.29 is 14.6 Å². The normalized spacial score (nSPS) is 10.6. The van der Waals surface area contributed by atoms with Gasteiger partial charge in [-0.3, -0.25) is 4.79 Å². The van der Waals surface area contributed by atoms with Crippen molar-refractivity contribution in [2.75, 3.05) is 7.11 Å². The molecule has 0 bridgehead atoms. The minimum atomic E-state index is -0.843. The third-order valence-corrected chi connectivity index (χ3v) is 1.92. The van der Waals surface area contributed by atoms with Crippen LogP contribution in [0.2, 0.25) is 0 Å². The zero-order valence-electron chi connectivity index (χ0n) is 8.60. The summed E-state index contributed by atoms with van der Waals surface area (Å²) in [7, 11) is 1.47. The molecule has 0 aliphatic heterocycles. The average molecular weight is 218 g/mol. The number of benzene rings is 1. The molecule has 1 rings (SSSR count). The van der Waals surface area contributed by atoms with Gasteiger partial charge in [0.2, 0.25) is 0 Å². The number of primary amides is 1. The lowest BCUT2D eigenvalue weighted by Gasteiger charge is -2.03. The Morgan fingerprint density at radius 3 is 2.81 bits per heavy atom. The molecule has 5 nitrogen and oxygen atoms in total. The molecule has 1 aromatic carbocycles. The van der Waals surface area contributed by atoms with Crippen molar-refractivity contribution in [1.29, 1.82) is 5.26 Å². The second-order valence-electron chi connectivity index (χ2n) is 2.96. The molecule has 0 spiro atoms. The summed E-state index contributed by atoms with van der Waals surface area (Å²) in [6, 6.07) is 6.11. The molecule has 0 heterocycles. The van der Waals surface area contributed by atoms with Crippen LogP contribution >= 0.6 is 0 Å². The molecule has 0 atom stereocenters. The number of phenols is 1. The Bertz CT molecular complexity index is 486. The van der Waals surface area contributed by atoms with Crippen LogP contribution in [0.4, 0.5) is 0 Å². The van der Waals surface area contributed by atoms with Crippen LogP contribution in [-0.4, -0.2) is 18.1 Å². The first-order chi connectivity index (χ1) is 7.58. The number of nitrogens with zero attached hydrogens (tertiary/aromatic N) is 1. The number of rotatable bonds is 3. The van der Waals surface area contributed by atoms with Crippen LogP contribution in [0.5, 0.6) is 11.5 Å². The number of nitriles is 1. The molecule has 0 fully saturated rings.